The fourth-order valence-corrected chi connectivity index (χ4v) is 7.14. The Morgan fingerprint density at radius 1 is 0.930 bits per heavy atom. The number of fused-ring (bicyclic) bond motifs is 3. The lowest BCUT2D eigenvalue weighted by Gasteiger charge is -2.26. The first kappa shape index (κ1) is 30.6. The van der Waals surface area contributed by atoms with E-state index in [-0.39, 0.29) is 11.8 Å². The van der Waals surface area contributed by atoms with E-state index in [0.717, 1.165) is 56.1 Å². The molecule has 1 saturated carbocycles. The van der Waals surface area contributed by atoms with Gasteiger partial charge in [-0.2, -0.15) is 0 Å². The van der Waals surface area contributed by atoms with Crippen molar-refractivity contribution in [2.24, 2.45) is 11.1 Å². The Hall–Kier alpha value is -3.84. The molecule has 1 unspecified atom stereocenters. The van der Waals surface area contributed by atoms with Crippen LogP contribution >= 0.6 is 0 Å². The molecular formula is C36H44N4O3. The van der Waals surface area contributed by atoms with E-state index in [9.17, 15) is 9.70 Å². The van der Waals surface area contributed by atoms with Gasteiger partial charge in [0.2, 0.25) is 5.91 Å². The van der Waals surface area contributed by atoms with Gasteiger partial charge in [0, 0.05) is 37.5 Å². The molecule has 2 heterocycles. The van der Waals surface area contributed by atoms with E-state index in [0.29, 0.717) is 18.2 Å². The van der Waals surface area contributed by atoms with Gasteiger partial charge in [0.25, 0.3) is 0 Å². The molecule has 7 heteroatoms. The van der Waals surface area contributed by atoms with Crippen molar-refractivity contribution in [2.75, 3.05) is 7.11 Å². The maximum atomic E-state index is 13.7. The topological polar surface area (TPSA) is 96.6 Å². The number of nitrogens with zero attached hydrogens (tertiary/aromatic N) is 3. The van der Waals surface area contributed by atoms with E-state index in [2.05, 4.69) is 52.3 Å². The highest BCUT2D eigenvalue weighted by molar-refractivity contribution is 5.86. The highest BCUT2D eigenvalue weighted by Crippen LogP contribution is 2.37. The van der Waals surface area contributed by atoms with Crippen molar-refractivity contribution in [1.82, 2.24) is 14.9 Å². The fourth-order valence-electron chi connectivity index (χ4n) is 7.14. The SMILES string of the molecule is CO.Cc1ccnc2c1c1c(n2Cc2ccc(C(C(=O)NCc3ccc(N=O)cc3)C3CCCCCC3)cc2)CCCC1. The van der Waals surface area contributed by atoms with Crippen LogP contribution in [0, 0.1) is 17.7 Å². The average Bonchev–Trinajstić information content (AvgIpc) is 3.17. The molecule has 1 amide bonds. The summed E-state index contributed by atoms with van der Waals surface area (Å²) < 4.78 is 2.44. The third-order valence-electron chi connectivity index (χ3n) is 9.30. The van der Waals surface area contributed by atoms with Gasteiger partial charge in [0.05, 0.1) is 5.92 Å². The van der Waals surface area contributed by atoms with Crippen LogP contribution in [0.3, 0.4) is 0 Å². The lowest BCUT2D eigenvalue weighted by Crippen LogP contribution is -2.33. The summed E-state index contributed by atoms with van der Waals surface area (Å²) in [5.41, 5.74) is 9.07. The number of hydrogen-bond acceptors (Lipinski definition) is 5. The van der Waals surface area contributed by atoms with Gasteiger partial charge in [0.15, 0.2) is 0 Å². The number of benzene rings is 2. The number of carbonyl (C=O) groups is 1. The zero-order chi connectivity index (χ0) is 30.2. The molecule has 1 fully saturated rings. The van der Waals surface area contributed by atoms with Crippen LogP contribution in [0.5, 0.6) is 0 Å². The molecule has 6 rings (SSSR count). The maximum Gasteiger partial charge on any atom is 0.228 e. The van der Waals surface area contributed by atoms with Crippen LogP contribution in [0.2, 0.25) is 0 Å². The molecule has 0 bridgehead atoms. The van der Waals surface area contributed by atoms with Crippen molar-refractivity contribution >= 4 is 22.6 Å². The highest BCUT2D eigenvalue weighted by Gasteiger charge is 2.30. The van der Waals surface area contributed by atoms with Gasteiger partial charge in [0.1, 0.15) is 11.3 Å². The highest BCUT2D eigenvalue weighted by atomic mass is 16.3. The van der Waals surface area contributed by atoms with E-state index in [1.54, 1.807) is 12.1 Å². The molecule has 4 aromatic rings. The average molecular weight is 581 g/mol. The Kier molecular flexibility index (Phi) is 10.4. The number of rotatable bonds is 8. The minimum Gasteiger partial charge on any atom is -0.400 e. The number of amides is 1. The summed E-state index contributed by atoms with van der Waals surface area (Å²) in [6, 6.07) is 18.0. The predicted molar refractivity (Wildman–Crippen MR) is 172 cm³/mol. The summed E-state index contributed by atoms with van der Waals surface area (Å²) in [6.45, 7) is 3.44. The van der Waals surface area contributed by atoms with Gasteiger partial charge in [-0.15, -0.1) is 4.91 Å². The summed E-state index contributed by atoms with van der Waals surface area (Å²) in [6.07, 6.45) is 13.7. The number of aliphatic hydroxyl groups is 1. The Morgan fingerprint density at radius 2 is 1.60 bits per heavy atom. The third-order valence-corrected chi connectivity index (χ3v) is 9.30. The zero-order valence-corrected chi connectivity index (χ0v) is 25.5. The number of pyridine rings is 1. The normalized spacial score (nSPS) is 16.0. The summed E-state index contributed by atoms with van der Waals surface area (Å²) in [5, 5.41) is 14.5. The van der Waals surface area contributed by atoms with Crippen LogP contribution in [0.15, 0.2) is 66.0 Å². The van der Waals surface area contributed by atoms with Crippen LogP contribution in [0.25, 0.3) is 11.0 Å². The van der Waals surface area contributed by atoms with Crippen LogP contribution in [0.4, 0.5) is 5.69 Å². The van der Waals surface area contributed by atoms with Crippen LogP contribution in [-0.2, 0) is 30.7 Å². The molecular weight excluding hydrogens is 536 g/mol. The number of aryl methyl sites for hydroxylation is 2. The Bertz CT molecular complexity index is 1520. The molecule has 2 N–H and O–H groups in total. The molecule has 2 aliphatic carbocycles. The molecule has 0 spiro atoms. The number of nitroso groups, excluding NO2 is 1. The first-order chi connectivity index (χ1) is 21.1. The minimum absolute atomic E-state index is 0.0902. The van der Waals surface area contributed by atoms with Crippen LogP contribution in [0.1, 0.15) is 90.8 Å². The van der Waals surface area contributed by atoms with Gasteiger partial charge >= 0.3 is 0 Å². The number of nitrogens with one attached hydrogen (secondary N) is 1. The van der Waals surface area contributed by atoms with Gasteiger partial charge < -0.3 is 15.0 Å². The summed E-state index contributed by atoms with van der Waals surface area (Å²) in [5.74, 6) is 0.271. The van der Waals surface area contributed by atoms with Crippen molar-refractivity contribution in [3.05, 3.63) is 99.2 Å². The molecule has 226 valence electrons. The third kappa shape index (κ3) is 6.88. The second kappa shape index (κ2) is 14.6. The number of carbonyl (C=O) groups excluding carboxylic acids is 1. The molecule has 0 aliphatic heterocycles. The second-order valence-electron chi connectivity index (χ2n) is 12.0. The first-order valence-electron chi connectivity index (χ1n) is 15.8. The van der Waals surface area contributed by atoms with E-state index in [1.807, 2.05) is 18.3 Å². The van der Waals surface area contributed by atoms with Gasteiger partial charge in [-0.1, -0.05) is 62.1 Å². The summed E-state index contributed by atoms with van der Waals surface area (Å²) in [7, 11) is 1.00. The summed E-state index contributed by atoms with van der Waals surface area (Å²) in [4.78, 5) is 29.3. The number of hydrogen-bond donors (Lipinski definition) is 2. The number of aliphatic hydroxyl groups excluding tert-OH is 1. The van der Waals surface area contributed by atoms with E-state index < -0.39 is 0 Å². The molecule has 2 aromatic heterocycles. The van der Waals surface area contributed by atoms with Crippen molar-refractivity contribution in [1.29, 1.82) is 0 Å². The van der Waals surface area contributed by atoms with E-state index in [1.165, 1.54) is 66.3 Å². The predicted octanol–water partition coefficient (Wildman–Crippen LogP) is 7.65. The van der Waals surface area contributed by atoms with Crippen molar-refractivity contribution in [3.63, 3.8) is 0 Å². The lowest BCUT2D eigenvalue weighted by molar-refractivity contribution is -0.124. The molecule has 2 aliphatic rings. The smallest absolute Gasteiger partial charge is 0.228 e. The fraction of sp³-hybridized carbons (Fsp3) is 0.444. The Balaban J connectivity index is 0.00000180. The first-order valence-corrected chi connectivity index (χ1v) is 15.8. The van der Waals surface area contributed by atoms with Crippen molar-refractivity contribution in [3.8, 4) is 0 Å². The molecule has 0 radical (unpaired) electrons. The van der Waals surface area contributed by atoms with Gasteiger partial charge in [-0.3, -0.25) is 4.79 Å². The standard InChI is InChI=1S/C35H40N4O2.CH4O/c1-24-20-21-36-34-32(24)30-10-6-7-11-31(30)39(34)23-26-12-16-28(17-13-26)33(27-8-4-2-3-5-9-27)35(40)37-22-25-14-18-29(38-41)19-15-25;1-2/h12-21,27,33H,2-11,22-23H2,1H3,(H,37,40);2H,1H3. The second-order valence-corrected chi connectivity index (χ2v) is 12.0. The lowest BCUT2D eigenvalue weighted by atomic mass is 9.80. The van der Waals surface area contributed by atoms with Crippen LogP contribution < -0.4 is 5.32 Å². The Labute approximate surface area is 254 Å². The van der Waals surface area contributed by atoms with E-state index in [4.69, 9.17) is 10.1 Å². The zero-order valence-electron chi connectivity index (χ0n) is 25.5. The van der Waals surface area contributed by atoms with Crippen molar-refractivity contribution < 1.29 is 9.90 Å². The van der Waals surface area contributed by atoms with E-state index >= 15 is 0 Å². The molecule has 1 atom stereocenters. The molecule has 7 nitrogen and oxygen atoms in total. The minimum atomic E-state index is -0.164. The van der Waals surface area contributed by atoms with Crippen LogP contribution in [-0.4, -0.2) is 27.7 Å². The summed E-state index contributed by atoms with van der Waals surface area (Å²) >= 11 is 0. The largest absolute Gasteiger partial charge is 0.400 e. The van der Waals surface area contributed by atoms with Gasteiger partial charge in [-0.05, 0) is 103 Å². The monoisotopic (exact) mass is 580 g/mol. The maximum absolute atomic E-state index is 13.7. The molecule has 0 saturated heterocycles. The number of aromatic nitrogens is 2. The molecule has 2 aromatic carbocycles. The van der Waals surface area contributed by atoms with Crippen molar-refractivity contribution in [2.45, 2.75) is 90.1 Å². The quantitative estimate of drug-likeness (QED) is 0.165. The Morgan fingerprint density at radius 3 is 2.30 bits per heavy atom. The molecule has 43 heavy (non-hydrogen) atoms. The van der Waals surface area contributed by atoms with Gasteiger partial charge in [-0.25, -0.2) is 4.98 Å².